The second-order valence-electron chi connectivity index (χ2n) is 6.38. The Morgan fingerprint density at radius 3 is 1.64 bits per heavy atom. The highest BCUT2D eigenvalue weighted by Crippen LogP contribution is 2.56. The molecule has 0 unspecified atom stereocenters. The van der Waals surface area contributed by atoms with E-state index in [2.05, 4.69) is 41.5 Å². The summed E-state index contributed by atoms with van der Waals surface area (Å²) in [4.78, 5) is 12.1. The molecule has 0 aromatic rings. The number of allylic oxidation sites excluding steroid dienone is 2. The minimum atomic E-state index is -0.222. The third kappa shape index (κ3) is 1.34. The first kappa shape index (κ1) is 11.5. The Kier molecular flexibility index (Phi) is 2.42. The van der Waals surface area contributed by atoms with E-state index in [1.54, 1.807) is 6.08 Å². The van der Waals surface area contributed by atoms with Gasteiger partial charge in [-0.3, -0.25) is 4.79 Å². The molecule has 0 aromatic carbocycles. The zero-order valence-corrected chi connectivity index (χ0v) is 10.3. The molecule has 1 aliphatic rings. The second-order valence-corrected chi connectivity index (χ2v) is 6.38. The van der Waals surface area contributed by atoms with E-state index >= 15 is 0 Å². The fourth-order valence-electron chi connectivity index (χ4n) is 3.06. The summed E-state index contributed by atoms with van der Waals surface area (Å²) in [6.07, 6.45) is 4.67. The number of carbonyl (C=O) groups excluding carboxylic acids is 1. The molecule has 0 amide bonds. The van der Waals surface area contributed by atoms with Crippen LogP contribution in [0.15, 0.2) is 12.2 Å². The van der Waals surface area contributed by atoms with Crippen molar-refractivity contribution in [3.05, 3.63) is 12.2 Å². The number of hydrogen-bond acceptors (Lipinski definition) is 1. The molecule has 0 heterocycles. The van der Waals surface area contributed by atoms with Crippen molar-refractivity contribution >= 4 is 5.78 Å². The molecule has 80 valence electrons. The molecule has 0 N–H and O–H groups in total. The fourth-order valence-corrected chi connectivity index (χ4v) is 3.06. The van der Waals surface area contributed by atoms with Gasteiger partial charge in [-0.1, -0.05) is 47.6 Å². The lowest BCUT2D eigenvalue weighted by Gasteiger charge is -2.50. The van der Waals surface area contributed by atoms with Crippen LogP contribution < -0.4 is 0 Å². The Hall–Kier alpha value is -0.590. The molecule has 1 rings (SSSR count). The van der Waals surface area contributed by atoms with Crippen LogP contribution in [0.1, 0.15) is 48.0 Å². The number of carbonyl (C=O) groups is 1. The Bertz CT molecular complexity index is 257. The smallest absolute Gasteiger partial charge is 0.162 e. The molecule has 14 heavy (non-hydrogen) atoms. The zero-order valence-electron chi connectivity index (χ0n) is 10.3. The topological polar surface area (TPSA) is 17.1 Å². The maximum absolute atomic E-state index is 12.1. The van der Waals surface area contributed by atoms with Gasteiger partial charge in [0.25, 0.3) is 0 Å². The van der Waals surface area contributed by atoms with Gasteiger partial charge in [-0.2, -0.15) is 0 Å². The van der Waals surface area contributed by atoms with Crippen molar-refractivity contribution in [1.82, 2.24) is 0 Å². The number of ketones is 1. The van der Waals surface area contributed by atoms with Gasteiger partial charge in [-0.05, 0) is 23.3 Å². The van der Waals surface area contributed by atoms with Crippen molar-refractivity contribution in [2.75, 3.05) is 0 Å². The molecule has 1 aliphatic carbocycles. The van der Waals surface area contributed by atoms with Gasteiger partial charge in [0.15, 0.2) is 5.78 Å². The van der Waals surface area contributed by atoms with Gasteiger partial charge >= 0.3 is 0 Å². The van der Waals surface area contributed by atoms with Crippen LogP contribution in [0.3, 0.4) is 0 Å². The van der Waals surface area contributed by atoms with E-state index in [1.807, 2.05) is 6.08 Å². The Morgan fingerprint density at radius 1 is 1.07 bits per heavy atom. The first-order valence-electron chi connectivity index (χ1n) is 5.34. The average molecular weight is 194 g/mol. The molecular weight excluding hydrogens is 172 g/mol. The van der Waals surface area contributed by atoms with Gasteiger partial charge in [0.2, 0.25) is 0 Å². The van der Waals surface area contributed by atoms with Crippen LogP contribution in [-0.2, 0) is 4.79 Å². The van der Waals surface area contributed by atoms with Gasteiger partial charge in [0.1, 0.15) is 0 Å². The Balaban J connectivity index is 3.26. The van der Waals surface area contributed by atoms with Gasteiger partial charge in [0, 0.05) is 5.41 Å². The minimum Gasteiger partial charge on any atom is -0.294 e. The summed E-state index contributed by atoms with van der Waals surface area (Å²) in [7, 11) is 0. The second kappa shape index (κ2) is 2.95. The van der Waals surface area contributed by atoms with Crippen molar-refractivity contribution in [3.63, 3.8) is 0 Å². The van der Waals surface area contributed by atoms with Crippen molar-refractivity contribution in [1.29, 1.82) is 0 Å². The lowest BCUT2D eigenvalue weighted by atomic mass is 9.52. The lowest BCUT2D eigenvalue weighted by molar-refractivity contribution is -0.138. The van der Waals surface area contributed by atoms with Gasteiger partial charge < -0.3 is 0 Å². The van der Waals surface area contributed by atoms with E-state index < -0.39 is 0 Å². The molecule has 1 heteroatoms. The summed E-state index contributed by atoms with van der Waals surface area (Å²) in [5.41, 5.74) is -0.183. The monoisotopic (exact) mass is 194 g/mol. The Morgan fingerprint density at radius 2 is 1.50 bits per heavy atom. The molecule has 0 aliphatic heterocycles. The molecule has 0 saturated carbocycles. The predicted octanol–water partition coefficient (Wildman–Crippen LogP) is 3.59. The fraction of sp³-hybridized carbons (Fsp3) is 0.769. The highest BCUT2D eigenvalue weighted by molar-refractivity contribution is 5.98. The van der Waals surface area contributed by atoms with Crippen LogP contribution in [0.25, 0.3) is 0 Å². The van der Waals surface area contributed by atoms with Crippen LogP contribution in [-0.4, -0.2) is 5.78 Å². The zero-order chi connectivity index (χ0) is 11.2. The van der Waals surface area contributed by atoms with Crippen LogP contribution >= 0.6 is 0 Å². The summed E-state index contributed by atoms with van der Waals surface area (Å²) in [6.45, 7) is 13.0. The van der Waals surface area contributed by atoms with Gasteiger partial charge in [-0.15, -0.1) is 0 Å². The van der Waals surface area contributed by atoms with E-state index in [0.29, 0.717) is 5.78 Å². The summed E-state index contributed by atoms with van der Waals surface area (Å²) >= 11 is 0. The highest BCUT2D eigenvalue weighted by atomic mass is 16.1. The number of rotatable bonds is 0. The first-order valence-corrected chi connectivity index (χ1v) is 5.34. The summed E-state index contributed by atoms with van der Waals surface area (Å²) in [6, 6.07) is 0. The van der Waals surface area contributed by atoms with E-state index in [-0.39, 0.29) is 16.2 Å². The van der Waals surface area contributed by atoms with Gasteiger partial charge in [0.05, 0.1) is 0 Å². The molecule has 0 spiro atoms. The normalized spacial score (nSPS) is 21.7. The van der Waals surface area contributed by atoms with Crippen LogP contribution in [0.5, 0.6) is 0 Å². The summed E-state index contributed by atoms with van der Waals surface area (Å²) in [5.74, 6) is 0.303. The SMILES string of the molecule is CC(C)(C)C1(C(C)(C)C)CC=CC1=O. The molecule has 0 radical (unpaired) electrons. The largest absolute Gasteiger partial charge is 0.294 e. The van der Waals surface area contributed by atoms with Gasteiger partial charge in [-0.25, -0.2) is 0 Å². The Labute approximate surface area is 87.6 Å². The van der Waals surface area contributed by atoms with E-state index in [4.69, 9.17) is 0 Å². The van der Waals surface area contributed by atoms with E-state index in [9.17, 15) is 4.79 Å². The molecule has 0 atom stereocenters. The lowest BCUT2D eigenvalue weighted by Crippen LogP contribution is -2.49. The molecule has 0 fully saturated rings. The maximum Gasteiger partial charge on any atom is 0.162 e. The first-order chi connectivity index (χ1) is 6.13. The minimum absolute atomic E-state index is 0.0197. The molecule has 0 aromatic heterocycles. The average Bonchev–Trinajstić information content (AvgIpc) is 2.27. The molecular formula is C13H22O. The third-order valence-electron chi connectivity index (χ3n) is 3.67. The van der Waals surface area contributed by atoms with Crippen molar-refractivity contribution in [2.45, 2.75) is 48.0 Å². The van der Waals surface area contributed by atoms with Crippen molar-refractivity contribution < 1.29 is 4.79 Å². The van der Waals surface area contributed by atoms with Crippen LogP contribution in [0.2, 0.25) is 0 Å². The standard InChI is InChI=1S/C13H22O/c1-11(2,3)13(12(4,5)6)9-7-8-10(13)14/h7-8H,9H2,1-6H3. The van der Waals surface area contributed by atoms with Crippen molar-refractivity contribution in [2.24, 2.45) is 16.2 Å². The predicted molar refractivity (Wildman–Crippen MR) is 60.1 cm³/mol. The van der Waals surface area contributed by atoms with Crippen molar-refractivity contribution in [3.8, 4) is 0 Å². The quantitative estimate of drug-likeness (QED) is 0.576. The molecule has 0 bridgehead atoms. The highest BCUT2D eigenvalue weighted by Gasteiger charge is 2.55. The maximum atomic E-state index is 12.1. The van der Waals surface area contributed by atoms with Crippen LogP contribution in [0.4, 0.5) is 0 Å². The van der Waals surface area contributed by atoms with Crippen LogP contribution in [0, 0.1) is 16.2 Å². The third-order valence-corrected chi connectivity index (χ3v) is 3.67. The summed E-state index contributed by atoms with van der Waals surface area (Å²) < 4.78 is 0. The van der Waals surface area contributed by atoms with E-state index in [0.717, 1.165) is 6.42 Å². The molecule has 0 saturated heterocycles. The number of hydrogen-bond donors (Lipinski definition) is 0. The molecule has 1 nitrogen and oxygen atoms in total. The summed E-state index contributed by atoms with van der Waals surface area (Å²) in [5, 5.41) is 0. The van der Waals surface area contributed by atoms with E-state index in [1.165, 1.54) is 0 Å².